The maximum absolute atomic E-state index is 12.0. The predicted octanol–water partition coefficient (Wildman–Crippen LogP) is 3.66. The van der Waals surface area contributed by atoms with Crippen molar-refractivity contribution in [3.05, 3.63) is 12.7 Å². The highest BCUT2D eigenvalue weighted by atomic mass is 28.4. The van der Waals surface area contributed by atoms with Crippen LogP contribution in [-0.2, 0) is 9.22 Å². The van der Waals surface area contributed by atoms with Gasteiger partial charge in [0.1, 0.15) is 0 Å². The summed E-state index contributed by atoms with van der Waals surface area (Å²) >= 11 is 0. The Bertz CT molecular complexity index is 527. The Morgan fingerprint density at radius 3 is 2.37 bits per heavy atom. The molecule has 3 N–H and O–H groups in total. The topological polar surface area (TPSA) is 82.0 Å². The average molecular weight is 461 g/mol. The molecule has 178 valence electrons. The van der Waals surface area contributed by atoms with Crippen LogP contribution in [0.5, 0.6) is 0 Å². The van der Waals surface area contributed by atoms with E-state index < -0.39 is 22.7 Å². The number of nitrogens with zero attached hydrogens (tertiary/aromatic N) is 1. The van der Waals surface area contributed by atoms with Crippen molar-refractivity contribution in [2.24, 2.45) is 0 Å². The molecule has 2 atom stereocenters. The van der Waals surface area contributed by atoms with Gasteiger partial charge in [0.15, 0.2) is 16.6 Å². The maximum Gasteiger partial charge on any atom is 0.246 e. The van der Waals surface area contributed by atoms with E-state index in [1.54, 1.807) is 4.90 Å². The molecule has 0 rings (SSSR count). The SMILES string of the molecule is C=CC(=O)N(CCCC(C)[Si](C)(C)OC(C)(C)[Si](C)(C)NCCCC)CC(O)CO. The lowest BCUT2D eigenvalue weighted by molar-refractivity contribution is -0.127. The van der Waals surface area contributed by atoms with Crippen molar-refractivity contribution in [2.75, 3.05) is 26.2 Å². The van der Waals surface area contributed by atoms with E-state index in [0.717, 1.165) is 19.4 Å². The van der Waals surface area contributed by atoms with Gasteiger partial charge in [0.25, 0.3) is 0 Å². The minimum absolute atomic E-state index is 0.128. The number of nitrogens with one attached hydrogen (secondary N) is 1. The van der Waals surface area contributed by atoms with Crippen molar-refractivity contribution in [1.82, 2.24) is 9.88 Å². The third kappa shape index (κ3) is 9.74. The standard InChI is InChI=1S/C22H48N2O4Si2/c1-10-12-15-23-30(8,9)22(4,5)28-29(6,7)19(3)14-13-16-24(21(27)11-2)17-20(26)18-25/h11,19-20,23,25-26H,2,10,12-18H2,1,3-9H3. The van der Waals surface area contributed by atoms with E-state index in [1.807, 2.05) is 0 Å². The molecule has 0 saturated heterocycles. The number of amides is 1. The molecule has 0 aliphatic carbocycles. The maximum atomic E-state index is 12.0. The summed E-state index contributed by atoms with van der Waals surface area (Å²) < 4.78 is 6.86. The predicted molar refractivity (Wildman–Crippen MR) is 132 cm³/mol. The number of unbranched alkanes of at least 4 members (excludes halogenated alkanes) is 1. The Labute approximate surface area is 187 Å². The highest BCUT2D eigenvalue weighted by Crippen LogP contribution is 2.34. The second-order valence-corrected chi connectivity index (χ2v) is 19.2. The summed E-state index contributed by atoms with van der Waals surface area (Å²) in [6, 6.07) is 0. The minimum atomic E-state index is -1.96. The lowest BCUT2D eigenvalue weighted by atomic mass is 10.2. The Kier molecular flexibility index (Phi) is 12.9. The lowest BCUT2D eigenvalue weighted by Crippen LogP contribution is -2.65. The van der Waals surface area contributed by atoms with Crippen LogP contribution in [0.1, 0.15) is 53.4 Å². The van der Waals surface area contributed by atoms with E-state index in [4.69, 9.17) is 9.53 Å². The number of hydrogen-bond acceptors (Lipinski definition) is 5. The Morgan fingerprint density at radius 2 is 1.87 bits per heavy atom. The van der Waals surface area contributed by atoms with Crippen LogP contribution in [0, 0.1) is 0 Å². The number of aliphatic hydroxyl groups is 2. The quantitative estimate of drug-likeness (QED) is 0.186. The monoisotopic (exact) mass is 460 g/mol. The molecule has 6 nitrogen and oxygen atoms in total. The summed E-state index contributed by atoms with van der Waals surface area (Å²) in [6.45, 7) is 23.1. The Hall–Kier alpha value is -0.516. The first-order valence-electron chi connectivity index (χ1n) is 11.4. The van der Waals surface area contributed by atoms with Crippen LogP contribution in [0.4, 0.5) is 0 Å². The van der Waals surface area contributed by atoms with E-state index in [0.29, 0.717) is 12.1 Å². The molecule has 0 aliphatic rings. The van der Waals surface area contributed by atoms with Gasteiger partial charge in [-0.3, -0.25) is 4.79 Å². The number of aliphatic hydroxyl groups excluding tert-OH is 2. The third-order valence-electron chi connectivity index (χ3n) is 6.50. The minimum Gasteiger partial charge on any atom is -0.413 e. The van der Waals surface area contributed by atoms with Crippen molar-refractivity contribution in [3.8, 4) is 0 Å². The normalized spacial score (nSPS) is 15.0. The van der Waals surface area contributed by atoms with E-state index in [-0.39, 0.29) is 24.3 Å². The smallest absolute Gasteiger partial charge is 0.246 e. The zero-order valence-electron chi connectivity index (χ0n) is 20.8. The molecule has 0 fully saturated rings. The van der Waals surface area contributed by atoms with Crippen LogP contribution in [0.25, 0.3) is 0 Å². The summed E-state index contributed by atoms with van der Waals surface area (Å²) in [5, 5.41) is 18.6. The molecule has 0 aromatic carbocycles. The molecule has 0 aromatic heterocycles. The molecule has 2 unspecified atom stereocenters. The van der Waals surface area contributed by atoms with Gasteiger partial charge in [-0.05, 0) is 64.4 Å². The lowest BCUT2D eigenvalue weighted by Gasteiger charge is -2.46. The molecule has 1 amide bonds. The van der Waals surface area contributed by atoms with Gasteiger partial charge >= 0.3 is 0 Å². The molecule has 0 bridgehead atoms. The summed E-state index contributed by atoms with van der Waals surface area (Å²) in [5.74, 6) is -0.213. The fourth-order valence-corrected chi connectivity index (χ4v) is 8.80. The number of hydrogen-bond donors (Lipinski definition) is 3. The van der Waals surface area contributed by atoms with E-state index in [2.05, 4.69) is 65.4 Å². The van der Waals surface area contributed by atoms with Gasteiger partial charge in [-0.1, -0.05) is 39.9 Å². The first kappa shape index (κ1) is 29.5. The van der Waals surface area contributed by atoms with Crippen LogP contribution in [0.2, 0.25) is 31.7 Å². The second kappa shape index (κ2) is 13.1. The van der Waals surface area contributed by atoms with Crippen LogP contribution < -0.4 is 4.98 Å². The molecule has 30 heavy (non-hydrogen) atoms. The van der Waals surface area contributed by atoms with Gasteiger partial charge in [-0.25, -0.2) is 0 Å². The van der Waals surface area contributed by atoms with Gasteiger partial charge in [-0.2, -0.15) is 0 Å². The summed E-state index contributed by atoms with van der Waals surface area (Å²) in [6.07, 6.45) is 4.50. The van der Waals surface area contributed by atoms with Crippen molar-refractivity contribution in [2.45, 2.75) is 96.4 Å². The molecular weight excluding hydrogens is 412 g/mol. The van der Waals surface area contributed by atoms with E-state index in [1.165, 1.54) is 18.9 Å². The second-order valence-electron chi connectivity index (χ2n) is 9.99. The number of carbonyl (C=O) groups excluding carboxylic acids is 1. The Balaban J connectivity index is 4.89. The van der Waals surface area contributed by atoms with E-state index >= 15 is 0 Å². The largest absolute Gasteiger partial charge is 0.413 e. The van der Waals surface area contributed by atoms with E-state index in [9.17, 15) is 9.90 Å². The van der Waals surface area contributed by atoms with Crippen LogP contribution >= 0.6 is 0 Å². The highest BCUT2D eigenvalue weighted by molar-refractivity contribution is 6.80. The number of rotatable bonds is 16. The first-order chi connectivity index (χ1) is 13.7. The highest BCUT2D eigenvalue weighted by Gasteiger charge is 2.45. The van der Waals surface area contributed by atoms with Crippen molar-refractivity contribution in [1.29, 1.82) is 0 Å². The van der Waals surface area contributed by atoms with Gasteiger partial charge in [0, 0.05) is 13.1 Å². The molecule has 0 spiro atoms. The van der Waals surface area contributed by atoms with Crippen LogP contribution in [-0.4, -0.2) is 75.1 Å². The van der Waals surface area contributed by atoms with Gasteiger partial charge < -0.3 is 24.5 Å². The van der Waals surface area contributed by atoms with Gasteiger partial charge in [-0.15, -0.1) is 0 Å². The van der Waals surface area contributed by atoms with Crippen molar-refractivity contribution >= 4 is 22.5 Å². The fraction of sp³-hybridized carbons (Fsp3) is 0.864. The summed E-state index contributed by atoms with van der Waals surface area (Å²) in [7, 11) is -3.73. The van der Waals surface area contributed by atoms with Crippen LogP contribution in [0.3, 0.4) is 0 Å². The Morgan fingerprint density at radius 1 is 1.27 bits per heavy atom. The molecule has 0 saturated carbocycles. The summed E-state index contributed by atoms with van der Waals surface area (Å²) in [4.78, 5) is 17.4. The average Bonchev–Trinajstić information content (AvgIpc) is 2.65. The molecule has 8 heteroatoms. The van der Waals surface area contributed by atoms with Gasteiger partial charge in [0.05, 0.1) is 17.9 Å². The molecule has 0 aliphatic heterocycles. The summed E-state index contributed by atoms with van der Waals surface area (Å²) in [5.41, 5.74) is 0.431. The third-order valence-corrected chi connectivity index (χ3v) is 14.6. The molecule has 0 radical (unpaired) electrons. The molecule has 0 aromatic rings. The zero-order chi connectivity index (χ0) is 23.6. The van der Waals surface area contributed by atoms with Crippen molar-refractivity contribution < 1.29 is 19.4 Å². The molecular formula is C22H48N2O4Si2. The zero-order valence-corrected chi connectivity index (χ0v) is 22.8. The molecule has 0 heterocycles. The fourth-order valence-electron chi connectivity index (χ4n) is 3.34. The van der Waals surface area contributed by atoms with Crippen LogP contribution in [0.15, 0.2) is 12.7 Å². The van der Waals surface area contributed by atoms with Crippen molar-refractivity contribution in [3.63, 3.8) is 0 Å². The van der Waals surface area contributed by atoms with Gasteiger partial charge in [0.2, 0.25) is 5.91 Å². The number of carbonyl (C=O) groups is 1. The first-order valence-corrected chi connectivity index (χ1v) is 17.4.